The van der Waals surface area contributed by atoms with E-state index in [0.717, 1.165) is 0 Å². The average molecular weight is 295 g/mol. The number of aliphatic carboxylic acids is 1. The lowest BCUT2D eigenvalue weighted by Crippen LogP contribution is -2.48. The highest BCUT2D eigenvalue weighted by molar-refractivity contribution is 5.86. The summed E-state index contributed by atoms with van der Waals surface area (Å²) in [4.78, 5) is 24.9. The van der Waals surface area contributed by atoms with Gasteiger partial charge in [0.25, 0.3) is 5.91 Å². The van der Waals surface area contributed by atoms with Crippen molar-refractivity contribution in [3.63, 3.8) is 0 Å². The predicted octanol–water partition coefficient (Wildman–Crippen LogP) is 1.92. The zero-order valence-corrected chi connectivity index (χ0v) is 12.0. The second-order valence-electron chi connectivity index (χ2n) is 5.64. The number of likely N-dealkylation sites (tertiary alicyclic amines) is 1. The van der Waals surface area contributed by atoms with Crippen LogP contribution in [0.4, 0.5) is 4.39 Å². The van der Waals surface area contributed by atoms with Gasteiger partial charge in [0.1, 0.15) is 11.6 Å². The molecule has 114 valence electrons. The van der Waals surface area contributed by atoms with Gasteiger partial charge in [0, 0.05) is 13.1 Å². The minimum absolute atomic E-state index is 0.199. The number of ether oxygens (including phenoxy) is 1. The fourth-order valence-electron chi connectivity index (χ4n) is 2.37. The van der Waals surface area contributed by atoms with E-state index in [-0.39, 0.29) is 18.3 Å². The third kappa shape index (κ3) is 3.51. The molecule has 1 aromatic carbocycles. The summed E-state index contributed by atoms with van der Waals surface area (Å²) in [7, 11) is 0. The van der Waals surface area contributed by atoms with E-state index in [9.17, 15) is 14.0 Å². The van der Waals surface area contributed by atoms with Gasteiger partial charge in [-0.3, -0.25) is 9.59 Å². The highest BCUT2D eigenvalue weighted by atomic mass is 19.1. The second kappa shape index (κ2) is 5.71. The number of carbonyl (C=O) groups excluding carboxylic acids is 1. The normalized spacial score (nSPS) is 18.6. The minimum atomic E-state index is -1.13. The highest BCUT2D eigenvalue weighted by Crippen LogP contribution is 2.24. The number of halogens is 1. The van der Waals surface area contributed by atoms with Crippen molar-refractivity contribution in [2.75, 3.05) is 13.1 Å². The van der Waals surface area contributed by atoms with Gasteiger partial charge in [-0.25, -0.2) is 4.39 Å². The van der Waals surface area contributed by atoms with Gasteiger partial charge < -0.3 is 14.7 Å². The fraction of sp³-hybridized carbons (Fsp3) is 0.467. The fourth-order valence-corrected chi connectivity index (χ4v) is 2.37. The van der Waals surface area contributed by atoms with Crippen LogP contribution in [0.5, 0.6) is 5.75 Å². The van der Waals surface area contributed by atoms with Crippen molar-refractivity contribution in [2.45, 2.75) is 25.9 Å². The van der Waals surface area contributed by atoms with Crippen molar-refractivity contribution in [1.29, 1.82) is 0 Å². The van der Waals surface area contributed by atoms with Crippen molar-refractivity contribution < 1.29 is 23.8 Å². The maximum absolute atomic E-state index is 12.9. The molecule has 1 amide bonds. The summed E-state index contributed by atoms with van der Waals surface area (Å²) >= 11 is 0. The molecular weight excluding hydrogens is 277 g/mol. The summed E-state index contributed by atoms with van der Waals surface area (Å²) in [5.74, 6) is -1.66. The number of hydrogen-bond donors (Lipinski definition) is 1. The lowest BCUT2D eigenvalue weighted by atomic mass is 10.1. The summed E-state index contributed by atoms with van der Waals surface area (Å²) < 4.78 is 18.5. The quantitative estimate of drug-likeness (QED) is 0.921. The number of carbonyl (C=O) groups is 2. The summed E-state index contributed by atoms with van der Waals surface area (Å²) in [6.07, 6.45) is 0.452. The maximum atomic E-state index is 12.9. The third-order valence-corrected chi connectivity index (χ3v) is 3.53. The van der Waals surface area contributed by atoms with Crippen LogP contribution in [0, 0.1) is 11.7 Å². The number of benzene rings is 1. The smallest absolute Gasteiger partial charge is 0.308 e. The summed E-state index contributed by atoms with van der Waals surface area (Å²) in [5.41, 5.74) is -1.13. The largest absolute Gasteiger partial charge is 0.481 e. The number of hydrogen-bond acceptors (Lipinski definition) is 3. The number of nitrogens with zero attached hydrogens (tertiary/aromatic N) is 1. The zero-order chi connectivity index (χ0) is 15.6. The van der Waals surface area contributed by atoms with Gasteiger partial charge in [-0.05, 0) is 44.5 Å². The molecule has 1 N–H and O–H groups in total. The molecule has 0 saturated carbocycles. The van der Waals surface area contributed by atoms with Crippen LogP contribution in [0.3, 0.4) is 0 Å². The van der Waals surface area contributed by atoms with Gasteiger partial charge in [0.05, 0.1) is 5.92 Å². The standard InChI is InChI=1S/C15H18FNO4/c1-15(2,21-12-5-3-11(16)4-6-12)14(20)17-8-7-10(9-17)13(18)19/h3-6,10H,7-9H2,1-2H3,(H,18,19). The van der Waals surface area contributed by atoms with E-state index < -0.39 is 17.5 Å². The molecular formula is C15H18FNO4. The van der Waals surface area contributed by atoms with Crippen molar-refractivity contribution in [2.24, 2.45) is 5.92 Å². The first kappa shape index (κ1) is 15.3. The third-order valence-electron chi connectivity index (χ3n) is 3.53. The van der Waals surface area contributed by atoms with Gasteiger partial charge >= 0.3 is 5.97 Å². The monoisotopic (exact) mass is 295 g/mol. The van der Waals surface area contributed by atoms with Crippen LogP contribution in [0.1, 0.15) is 20.3 Å². The molecule has 1 aliphatic rings. The summed E-state index contributed by atoms with van der Waals surface area (Å²) in [6.45, 7) is 3.84. The van der Waals surface area contributed by atoms with E-state index in [1.807, 2.05) is 0 Å². The molecule has 21 heavy (non-hydrogen) atoms. The molecule has 5 nitrogen and oxygen atoms in total. The number of rotatable bonds is 4. The predicted molar refractivity (Wildman–Crippen MR) is 73.4 cm³/mol. The first-order valence-corrected chi connectivity index (χ1v) is 6.76. The first-order valence-electron chi connectivity index (χ1n) is 6.76. The maximum Gasteiger partial charge on any atom is 0.308 e. The van der Waals surface area contributed by atoms with E-state index in [0.29, 0.717) is 18.7 Å². The van der Waals surface area contributed by atoms with Crippen molar-refractivity contribution in [1.82, 2.24) is 4.90 Å². The number of amides is 1. The minimum Gasteiger partial charge on any atom is -0.481 e. The van der Waals surface area contributed by atoms with Crippen molar-refractivity contribution in [3.8, 4) is 5.75 Å². The average Bonchev–Trinajstić information content (AvgIpc) is 2.90. The first-order chi connectivity index (χ1) is 9.79. The van der Waals surface area contributed by atoms with E-state index in [2.05, 4.69) is 0 Å². The highest BCUT2D eigenvalue weighted by Gasteiger charge is 2.39. The Labute approximate surface area is 122 Å². The van der Waals surface area contributed by atoms with Gasteiger partial charge in [0.15, 0.2) is 5.60 Å². The molecule has 0 aliphatic carbocycles. The van der Waals surface area contributed by atoms with Crippen LogP contribution in [0.15, 0.2) is 24.3 Å². The Kier molecular flexibility index (Phi) is 4.16. The van der Waals surface area contributed by atoms with Crippen LogP contribution in [-0.2, 0) is 9.59 Å². The van der Waals surface area contributed by atoms with E-state index in [1.165, 1.54) is 29.2 Å². The van der Waals surface area contributed by atoms with Crippen LogP contribution < -0.4 is 4.74 Å². The molecule has 2 rings (SSSR count). The Morgan fingerprint density at radius 3 is 2.48 bits per heavy atom. The summed E-state index contributed by atoms with van der Waals surface area (Å²) in [6, 6.07) is 5.42. The second-order valence-corrected chi connectivity index (χ2v) is 5.64. The molecule has 0 radical (unpaired) electrons. The molecule has 1 unspecified atom stereocenters. The topological polar surface area (TPSA) is 66.8 Å². The van der Waals surface area contributed by atoms with Crippen LogP contribution in [0.2, 0.25) is 0 Å². The molecule has 1 aliphatic heterocycles. The molecule has 6 heteroatoms. The lowest BCUT2D eigenvalue weighted by molar-refractivity contribution is -0.145. The Balaban J connectivity index is 2.03. The number of carboxylic acids is 1. The molecule has 1 heterocycles. The van der Waals surface area contributed by atoms with Crippen LogP contribution >= 0.6 is 0 Å². The van der Waals surface area contributed by atoms with E-state index in [1.54, 1.807) is 13.8 Å². The molecule has 0 bridgehead atoms. The zero-order valence-electron chi connectivity index (χ0n) is 12.0. The van der Waals surface area contributed by atoms with Gasteiger partial charge in [-0.1, -0.05) is 0 Å². The van der Waals surface area contributed by atoms with E-state index in [4.69, 9.17) is 9.84 Å². The molecule has 1 atom stereocenters. The Hall–Kier alpha value is -2.11. The van der Waals surface area contributed by atoms with Gasteiger partial charge in [-0.15, -0.1) is 0 Å². The summed E-state index contributed by atoms with van der Waals surface area (Å²) in [5, 5.41) is 8.97. The number of carboxylic acid groups (broad SMARTS) is 1. The molecule has 0 aromatic heterocycles. The van der Waals surface area contributed by atoms with Crippen molar-refractivity contribution in [3.05, 3.63) is 30.1 Å². The van der Waals surface area contributed by atoms with Crippen molar-refractivity contribution >= 4 is 11.9 Å². The Morgan fingerprint density at radius 2 is 1.95 bits per heavy atom. The molecule has 0 spiro atoms. The van der Waals surface area contributed by atoms with E-state index >= 15 is 0 Å². The van der Waals surface area contributed by atoms with Crippen LogP contribution in [-0.4, -0.2) is 40.6 Å². The van der Waals surface area contributed by atoms with Gasteiger partial charge in [0.2, 0.25) is 0 Å². The lowest BCUT2D eigenvalue weighted by Gasteiger charge is -2.30. The van der Waals surface area contributed by atoms with Gasteiger partial charge in [-0.2, -0.15) is 0 Å². The Morgan fingerprint density at radius 1 is 1.33 bits per heavy atom. The molecule has 1 saturated heterocycles. The molecule has 1 fully saturated rings. The molecule has 1 aromatic rings. The van der Waals surface area contributed by atoms with Crippen LogP contribution in [0.25, 0.3) is 0 Å². The Bertz CT molecular complexity index is 541. The SMILES string of the molecule is CC(C)(Oc1ccc(F)cc1)C(=O)N1CCC(C(=O)O)C1.